The van der Waals surface area contributed by atoms with Gasteiger partial charge in [0.05, 0.1) is 20.1 Å². The lowest BCUT2D eigenvalue weighted by Gasteiger charge is -2.50. The number of benzene rings is 2. The summed E-state index contributed by atoms with van der Waals surface area (Å²) in [5.74, 6) is 0.143. The molecule has 2 unspecified atom stereocenters. The number of esters is 1. The number of rotatable bonds is 10. The summed E-state index contributed by atoms with van der Waals surface area (Å²) in [6.45, 7) is 0.0287. The standard InChI is InChI=1S/C32H30N2O6S3/c1-39-24-10-6-21(7-11-24)17-40-32(38)29-26(43-14-12-23(19-43)22-8-4-20(16-35)5-9-22)18-42-31-28(30(37)34(29)31)33-27(36)15-25-3-2-13-41-25/h2-14,19,28,31,35,43H,15-18H2,1H3,(H,33,36)/t28-,31?/m1/s1. The number of hydrogen-bond acceptors (Lipinski definition) is 8. The van der Waals surface area contributed by atoms with E-state index in [4.69, 9.17) is 9.47 Å². The van der Waals surface area contributed by atoms with E-state index in [-0.39, 0.29) is 42.5 Å². The van der Waals surface area contributed by atoms with Crippen molar-refractivity contribution in [3.63, 3.8) is 0 Å². The zero-order valence-electron chi connectivity index (χ0n) is 23.3. The maximum atomic E-state index is 13.7. The maximum Gasteiger partial charge on any atom is 0.356 e. The highest BCUT2D eigenvalue weighted by Crippen LogP contribution is 2.53. The van der Waals surface area contributed by atoms with E-state index in [2.05, 4.69) is 16.1 Å². The van der Waals surface area contributed by atoms with E-state index in [0.29, 0.717) is 11.5 Å². The normalized spacial score (nSPS) is 21.6. The number of aliphatic hydroxyl groups excluding tert-OH is 1. The molecule has 1 saturated heterocycles. The average Bonchev–Trinajstić information content (AvgIpc) is 3.75. The van der Waals surface area contributed by atoms with Crippen LogP contribution in [0.1, 0.15) is 21.6 Å². The summed E-state index contributed by atoms with van der Waals surface area (Å²) in [7, 11) is 0.588. The van der Waals surface area contributed by atoms with E-state index in [1.165, 1.54) is 16.2 Å². The van der Waals surface area contributed by atoms with Gasteiger partial charge in [0, 0.05) is 15.5 Å². The van der Waals surface area contributed by atoms with Crippen LogP contribution < -0.4 is 10.1 Å². The molecule has 3 aromatic rings. The number of carbonyl (C=O) groups is 3. The molecule has 4 heterocycles. The quantitative estimate of drug-likeness (QED) is 0.169. The number of fused-ring (bicyclic) bond motifs is 1. The zero-order chi connectivity index (χ0) is 29.9. The van der Waals surface area contributed by atoms with Crippen LogP contribution in [0.15, 0.2) is 93.5 Å². The number of hydrogen-bond donors (Lipinski definition) is 3. The Labute approximate surface area is 260 Å². The summed E-state index contributed by atoms with van der Waals surface area (Å²) in [5.41, 5.74) is 3.94. The number of nitrogens with zero attached hydrogens (tertiary/aromatic N) is 1. The molecule has 222 valence electrons. The van der Waals surface area contributed by atoms with E-state index in [1.807, 2.05) is 60.0 Å². The fourth-order valence-electron chi connectivity index (χ4n) is 5.06. The van der Waals surface area contributed by atoms with Crippen molar-refractivity contribution in [1.82, 2.24) is 10.2 Å². The number of amides is 2. The first-order valence-corrected chi connectivity index (χ1v) is 17.0. The lowest BCUT2D eigenvalue weighted by molar-refractivity contribution is -0.153. The predicted molar refractivity (Wildman–Crippen MR) is 171 cm³/mol. The predicted octanol–water partition coefficient (Wildman–Crippen LogP) is 4.72. The van der Waals surface area contributed by atoms with Crippen LogP contribution in [0.2, 0.25) is 0 Å². The summed E-state index contributed by atoms with van der Waals surface area (Å²) in [6.07, 6.45) is 2.24. The molecular formula is C32H30N2O6S3. The Morgan fingerprint density at radius 3 is 2.56 bits per heavy atom. The van der Waals surface area contributed by atoms with Gasteiger partial charge in [0.1, 0.15) is 29.5 Å². The number of thiophene rings is 1. The van der Waals surface area contributed by atoms with E-state index < -0.39 is 22.9 Å². The first-order chi connectivity index (χ1) is 20.9. The van der Waals surface area contributed by atoms with Crippen molar-refractivity contribution in [1.29, 1.82) is 0 Å². The van der Waals surface area contributed by atoms with Crippen molar-refractivity contribution in [3.05, 3.63) is 115 Å². The molecule has 11 heteroatoms. The Balaban J connectivity index is 1.24. The summed E-state index contributed by atoms with van der Waals surface area (Å²) in [5, 5.41) is 18.0. The molecule has 3 atom stereocenters. The summed E-state index contributed by atoms with van der Waals surface area (Å²) >= 11 is 3.04. The van der Waals surface area contributed by atoms with Crippen molar-refractivity contribution in [3.8, 4) is 5.75 Å². The topological polar surface area (TPSA) is 105 Å². The summed E-state index contributed by atoms with van der Waals surface area (Å²) in [4.78, 5) is 43.2. The number of β-lactam (4-membered cyclic amide) rings is 1. The first kappa shape index (κ1) is 29.3. The molecule has 2 N–H and O–H groups in total. The van der Waals surface area contributed by atoms with Crippen LogP contribution in [0, 0.1) is 0 Å². The Kier molecular flexibility index (Phi) is 8.75. The molecule has 1 aromatic heterocycles. The van der Waals surface area contributed by atoms with Crippen LogP contribution in [0.3, 0.4) is 0 Å². The fourth-order valence-corrected chi connectivity index (χ4v) is 9.51. The van der Waals surface area contributed by atoms with Gasteiger partial charge >= 0.3 is 5.97 Å². The minimum atomic E-state index is -1.00. The molecular weight excluding hydrogens is 605 g/mol. The van der Waals surface area contributed by atoms with E-state index in [1.54, 1.807) is 31.0 Å². The lowest BCUT2D eigenvalue weighted by atomic mass is 10.0. The molecule has 43 heavy (non-hydrogen) atoms. The maximum absolute atomic E-state index is 13.7. The van der Waals surface area contributed by atoms with Gasteiger partial charge in [-0.15, -0.1) is 23.1 Å². The smallest absolute Gasteiger partial charge is 0.356 e. The number of ether oxygens (including phenoxy) is 2. The molecule has 0 spiro atoms. The van der Waals surface area contributed by atoms with Gasteiger partial charge in [0.15, 0.2) is 0 Å². The third kappa shape index (κ3) is 6.16. The van der Waals surface area contributed by atoms with Gasteiger partial charge in [-0.1, -0.05) is 42.5 Å². The molecule has 3 aliphatic rings. The van der Waals surface area contributed by atoms with Crippen LogP contribution in [0.5, 0.6) is 5.75 Å². The van der Waals surface area contributed by atoms with Gasteiger partial charge in [-0.2, -0.15) is 10.9 Å². The third-order valence-electron chi connectivity index (χ3n) is 7.38. The largest absolute Gasteiger partial charge is 0.497 e. The number of carbonyl (C=O) groups excluding carboxylic acids is 3. The number of thiol groups is 1. The number of nitrogens with one attached hydrogen (secondary N) is 1. The number of allylic oxidation sites excluding steroid dienone is 2. The Morgan fingerprint density at radius 2 is 1.86 bits per heavy atom. The highest BCUT2D eigenvalue weighted by molar-refractivity contribution is 8.26. The Hall–Kier alpha value is -3.77. The third-order valence-corrected chi connectivity index (χ3v) is 11.8. The van der Waals surface area contributed by atoms with Gasteiger partial charge in [0.2, 0.25) is 5.91 Å². The van der Waals surface area contributed by atoms with Gasteiger partial charge in [-0.25, -0.2) is 4.79 Å². The minimum Gasteiger partial charge on any atom is -0.497 e. The van der Waals surface area contributed by atoms with E-state index in [9.17, 15) is 19.5 Å². The molecule has 0 saturated carbocycles. The van der Waals surface area contributed by atoms with Crippen LogP contribution in [0.4, 0.5) is 0 Å². The van der Waals surface area contributed by atoms with Gasteiger partial charge in [-0.3, -0.25) is 14.5 Å². The lowest BCUT2D eigenvalue weighted by Crippen LogP contribution is -2.70. The second kappa shape index (κ2) is 12.8. The van der Waals surface area contributed by atoms with Crippen LogP contribution >= 0.6 is 34.0 Å². The van der Waals surface area contributed by atoms with E-state index in [0.717, 1.165) is 32.0 Å². The molecule has 1 fully saturated rings. The fraction of sp³-hybridized carbons (Fsp3) is 0.219. The highest BCUT2D eigenvalue weighted by Gasteiger charge is 2.54. The molecule has 2 aromatic carbocycles. The second-order valence-electron chi connectivity index (χ2n) is 10.1. The molecule has 2 amide bonds. The summed E-state index contributed by atoms with van der Waals surface area (Å²) < 4.78 is 11.0. The van der Waals surface area contributed by atoms with Crippen molar-refractivity contribution < 1.29 is 29.0 Å². The zero-order valence-corrected chi connectivity index (χ0v) is 25.8. The van der Waals surface area contributed by atoms with Crippen molar-refractivity contribution >= 4 is 57.4 Å². The molecule has 8 nitrogen and oxygen atoms in total. The van der Waals surface area contributed by atoms with Crippen LogP contribution in [-0.2, 0) is 38.8 Å². The highest BCUT2D eigenvalue weighted by atomic mass is 32.2. The summed E-state index contributed by atoms with van der Waals surface area (Å²) in [6, 6.07) is 18.0. The van der Waals surface area contributed by atoms with E-state index >= 15 is 0 Å². The number of methoxy groups -OCH3 is 1. The molecule has 0 bridgehead atoms. The van der Waals surface area contributed by atoms with Crippen molar-refractivity contribution in [2.45, 2.75) is 31.1 Å². The molecule has 3 aliphatic heterocycles. The van der Waals surface area contributed by atoms with Gasteiger partial charge < -0.3 is 19.9 Å². The SMILES string of the molecule is COc1ccc(COC(=O)C2=C([SH]3C=CC(c4ccc(CO)cc4)=C3)CSC3[C@H](NC(=O)Cc4cccs4)C(=O)N23)cc1. The first-order valence-electron chi connectivity index (χ1n) is 13.6. The molecule has 0 aliphatic carbocycles. The Morgan fingerprint density at radius 1 is 1.09 bits per heavy atom. The average molecular weight is 635 g/mol. The van der Waals surface area contributed by atoms with Crippen molar-refractivity contribution in [2.24, 2.45) is 0 Å². The van der Waals surface area contributed by atoms with Crippen LogP contribution in [-0.4, -0.2) is 52.1 Å². The second-order valence-corrected chi connectivity index (χ2v) is 14.1. The van der Waals surface area contributed by atoms with Gasteiger partial charge in [-0.05, 0) is 62.7 Å². The number of aliphatic hydroxyl groups is 1. The van der Waals surface area contributed by atoms with Crippen LogP contribution in [0.25, 0.3) is 5.57 Å². The number of thioether (sulfide) groups is 1. The molecule has 0 radical (unpaired) electrons. The Bertz CT molecular complexity index is 1610. The van der Waals surface area contributed by atoms with Gasteiger partial charge in [0.25, 0.3) is 5.91 Å². The van der Waals surface area contributed by atoms with Crippen molar-refractivity contribution in [2.75, 3.05) is 12.9 Å². The monoisotopic (exact) mass is 634 g/mol. The minimum absolute atomic E-state index is 0.0194. The molecule has 6 rings (SSSR count).